The smallest absolute Gasteiger partial charge is 0.223 e. The van der Waals surface area contributed by atoms with Gasteiger partial charge < -0.3 is 14.6 Å². The first-order chi connectivity index (χ1) is 17.6. The Morgan fingerprint density at radius 1 is 0.972 bits per heavy atom. The van der Waals surface area contributed by atoms with Crippen LogP contribution in [-0.2, 0) is 24.4 Å². The third-order valence-corrected chi connectivity index (χ3v) is 7.47. The highest BCUT2D eigenvalue weighted by Crippen LogP contribution is 2.23. The number of hydrogen-bond donors (Lipinski definition) is 1. The minimum atomic E-state index is 0.0646. The average molecular weight is 547 g/mol. The maximum atomic E-state index is 12.8. The zero-order valence-corrected chi connectivity index (χ0v) is 22.1. The van der Waals surface area contributed by atoms with Crippen LogP contribution in [0.15, 0.2) is 77.3 Å². The molecule has 1 amide bonds. The van der Waals surface area contributed by atoms with Gasteiger partial charge in [-0.05, 0) is 73.5 Å². The van der Waals surface area contributed by atoms with Gasteiger partial charge in [0.1, 0.15) is 11.6 Å². The molecule has 36 heavy (non-hydrogen) atoms. The quantitative estimate of drug-likeness (QED) is 0.322. The molecule has 1 N–H and O–H groups in total. The molecular weight excluding hydrogens is 516 g/mol. The lowest BCUT2D eigenvalue weighted by Gasteiger charge is -2.31. The third-order valence-electron chi connectivity index (χ3n) is 6.94. The highest BCUT2D eigenvalue weighted by atomic mass is 79.9. The van der Waals surface area contributed by atoms with Gasteiger partial charge in [-0.2, -0.15) is 0 Å². The van der Waals surface area contributed by atoms with Gasteiger partial charge in [0.15, 0.2) is 0 Å². The van der Waals surface area contributed by atoms with Crippen molar-refractivity contribution in [2.45, 2.75) is 32.5 Å². The van der Waals surface area contributed by atoms with Gasteiger partial charge in [-0.15, -0.1) is 0 Å². The topological polar surface area (TPSA) is 59.4 Å². The Morgan fingerprint density at radius 3 is 2.39 bits per heavy atom. The van der Waals surface area contributed by atoms with E-state index >= 15 is 0 Å². The fourth-order valence-electron chi connectivity index (χ4n) is 4.83. The summed E-state index contributed by atoms with van der Waals surface area (Å²) in [7, 11) is 1.69. The second kappa shape index (κ2) is 11.3. The lowest BCUT2D eigenvalue weighted by molar-refractivity contribution is -0.126. The number of nitrogens with zero attached hydrogens (tertiary/aromatic N) is 3. The van der Waals surface area contributed by atoms with E-state index in [-0.39, 0.29) is 11.8 Å². The van der Waals surface area contributed by atoms with E-state index < -0.39 is 0 Å². The molecular formula is C29H31BrN4O2. The van der Waals surface area contributed by atoms with Crippen LogP contribution in [-0.4, -0.2) is 40.6 Å². The number of para-hydroxylation sites is 2. The van der Waals surface area contributed by atoms with E-state index in [1.807, 2.05) is 42.5 Å². The van der Waals surface area contributed by atoms with Gasteiger partial charge in [0, 0.05) is 23.5 Å². The van der Waals surface area contributed by atoms with Crippen LogP contribution in [0, 0.1) is 5.92 Å². The summed E-state index contributed by atoms with van der Waals surface area (Å²) in [5.74, 6) is 2.14. The first-order valence-corrected chi connectivity index (χ1v) is 13.2. The number of carbonyl (C=O) groups excluding carboxylic acids is 1. The first kappa shape index (κ1) is 24.5. The Balaban J connectivity index is 1.21. The van der Waals surface area contributed by atoms with Crippen molar-refractivity contribution in [1.82, 2.24) is 19.8 Å². The molecule has 1 aromatic heterocycles. The van der Waals surface area contributed by atoms with E-state index in [9.17, 15) is 4.79 Å². The number of piperidine rings is 1. The molecule has 2 heterocycles. The zero-order valence-electron chi connectivity index (χ0n) is 20.5. The van der Waals surface area contributed by atoms with Crippen molar-refractivity contribution in [3.05, 3.63) is 94.2 Å². The number of benzene rings is 3. The molecule has 1 aliphatic rings. The Labute approximate surface area is 220 Å². The number of amides is 1. The number of halogens is 1. The highest BCUT2D eigenvalue weighted by Gasteiger charge is 2.26. The van der Waals surface area contributed by atoms with Crippen molar-refractivity contribution in [3.8, 4) is 5.75 Å². The maximum absolute atomic E-state index is 12.8. The van der Waals surface area contributed by atoms with Crippen molar-refractivity contribution in [3.63, 3.8) is 0 Å². The summed E-state index contributed by atoms with van der Waals surface area (Å²) >= 11 is 3.45. The van der Waals surface area contributed by atoms with Crippen LogP contribution in [0.1, 0.15) is 29.8 Å². The molecule has 0 atom stereocenters. The van der Waals surface area contributed by atoms with Gasteiger partial charge in [0.2, 0.25) is 5.91 Å². The number of methoxy groups -OCH3 is 1. The minimum Gasteiger partial charge on any atom is -0.497 e. The summed E-state index contributed by atoms with van der Waals surface area (Å²) in [6, 6.07) is 24.6. The van der Waals surface area contributed by atoms with Gasteiger partial charge in [0.25, 0.3) is 0 Å². The van der Waals surface area contributed by atoms with Gasteiger partial charge in [-0.25, -0.2) is 4.98 Å². The number of aromatic nitrogens is 2. The molecule has 0 saturated carbocycles. The monoisotopic (exact) mass is 546 g/mol. The minimum absolute atomic E-state index is 0.0646. The molecule has 7 heteroatoms. The van der Waals surface area contributed by atoms with Crippen molar-refractivity contribution in [2.75, 3.05) is 20.2 Å². The Bertz CT molecular complexity index is 1310. The fraction of sp³-hybridized carbons (Fsp3) is 0.310. The van der Waals surface area contributed by atoms with Crippen molar-refractivity contribution in [1.29, 1.82) is 0 Å². The summed E-state index contributed by atoms with van der Waals surface area (Å²) in [4.78, 5) is 20.2. The molecule has 0 bridgehead atoms. The molecule has 0 radical (unpaired) electrons. The van der Waals surface area contributed by atoms with Gasteiger partial charge in [0.05, 0.1) is 24.7 Å². The number of imidazole rings is 1. The summed E-state index contributed by atoms with van der Waals surface area (Å²) in [5.41, 5.74) is 4.48. The lowest BCUT2D eigenvalue weighted by Crippen LogP contribution is -2.40. The van der Waals surface area contributed by atoms with E-state index in [4.69, 9.17) is 9.72 Å². The van der Waals surface area contributed by atoms with Crippen LogP contribution in [0.3, 0.4) is 0 Å². The van der Waals surface area contributed by atoms with Gasteiger partial charge >= 0.3 is 0 Å². The van der Waals surface area contributed by atoms with E-state index in [0.29, 0.717) is 6.54 Å². The number of fused-ring (bicyclic) bond motifs is 1. The summed E-state index contributed by atoms with van der Waals surface area (Å²) in [6.45, 7) is 3.89. The predicted molar refractivity (Wildman–Crippen MR) is 146 cm³/mol. The molecule has 5 rings (SSSR count). The van der Waals surface area contributed by atoms with Crippen LogP contribution in [0.25, 0.3) is 11.0 Å². The fourth-order valence-corrected chi connectivity index (χ4v) is 5.09. The van der Waals surface area contributed by atoms with Crippen LogP contribution in [0.4, 0.5) is 0 Å². The summed E-state index contributed by atoms with van der Waals surface area (Å²) in [6.07, 6.45) is 1.73. The number of carbonyl (C=O) groups is 1. The molecule has 6 nitrogen and oxygen atoms in total. The number of hydrogen-bond acceptors (Lipinski definition) is 4. The molecule has 1 aliphatic heterocycles. The van der Waals surface area contributed by atoms with Crippen molar-refractivity contribution >= 4 is 32.9 Å². The van der Waals surface area contributed by atoms with E-state index in [0.717, 1.165) is 71.7 Å². The molecule has 0 spiro atoms. The zero-order chi connectivity index (χ0) is 24.9. The lowest BCUT2D eigenvalue weighted by atomic mass is 9.96. The van der Waals surface area contributed by atoms with Crippen LogP contribution < -0.4 is 10.1 Å². The number of ether oxygens (including phenoxy) is 1. The summed E-state index contributed by atoms with van der Waals surface area (Å²) in [5, 5.41) is 3.12. The van der Waals surface area contributed by atoms with Crippen LogP contribution in [0.5, 0.6) is 5.75 Å². The Morgan fingerprint density at radius 2 is 1.67 bits per heavy atom. The number of likely N-dealkylation sites (tertiary alicyclic amines) is 1. The van der Waals surface area contributed by atoms with Crippen molar-refractivity contribution < 1.29 is 9.53 Å². The number of nitrogens with one attached hydrogen (secondary N) is 1. The second-order valence-corrected chi connectivity index (χ2v) is 10.3. The average Bonchev–Trinajstić information content (AvgIpc) is 3.25. The first-order valence-electron chi connectivity index (χ1n) is 12.4. The van der Waals surface area contributed by atoms with E-state index in [2.05, 4.69) is 61.0 Å². The largest absolute Gasteiger partial charge is 0.497 e. The normalized spacial score (nSPS) is 14.7. The molecule has 4 aromatic rings. The molecule has 0 unspecified atom stereocenters. The standard InChI is InChI=1S/C29H31BrN4O2/c1-36-25-12-8-22(9-13-25)19-34-27-5-3-2-4-26(27)32-28(34)20-33-16-14-23(15-17-33)29(35)31-18-21-6-10-24(30)11-7-21/h2-13,23H,14-20H2,1H3,(H,31,35). The Hall–Kier alpha value is -3.16. The second-order valence-electron chi connectivity index (χ2n) is 9.35. The van der Waals surface area contributed by atoms with E-state index in [1.54, 1.807) is 7.11 Å². The molecule has 1 fully saturated rings. The molecule has 0 aliphatic carbocycles. The molecule has 186 valence electrons. The maximum Gasteiger partial charge on any atom is 0.223 e. The van der Waals surface area contributed by atoms with Crippen molar-refractivity contribution in [2.24, 2.45) is 5.92 Å². The molecule has 3 aromatic carbocycles. The van der Waals surface area contributed by atoms with E-state index in [1.165, 1.54) is 5.56 Å². The highest BCUT2D eigenvalue weighted by molar-refractivity contribution is 9.10. The Kier molecular flexibility index (Phi) is 7.68. The van der Waals surface area contributed by atoms with Crippen LogP contribution >= 0.6 is 15.9 Å². The third kappa shape index (κ3) is 5.79. The molecule has 1 saturated heterocycles. The van der Waals surface area contributed by atoms with Gasteiger partial charge in [-0.1, -0.05) is 52.3 Å². The van der Waals surface area contributed by atoms with Crippen LogP contribution in [0.2, 0.25) is 0 Å². The number of rotatable bonds is 8. The SMILES string of the molecule is COc1ccc(Cn2c(CN3CCC(C(=O)NCc4ccc(Br)cc4)CC3)nc3ccccc32)cc1. The predicted octanol–water partition coefficient (Wildman–Crippen LogP) is 5.38. The summed E-state index contributed by atoms with van der Waals surface area (Å²) < 4.78 is 8.67. The van der Waals surface area contributed by atoms with Gasteiger partial charge in [-0.3, -0.25) is 9.69 Å².